The third-order valence-corrected chi connectivity index (χ3v) is 2.40. The summed E-state index contributed by atoms with van der Waals surface area (Å²) in [5, 5.41) is 7.54. The van der Waals surface area contributed by atoms with Gasteiger partial charge in [0.2, 0.25) is 0 Å². The van der Waals surface area contributed by atoms with E-state index in [1.54, 1.807) is 20.4 Å². The van der Waals surface area contributed by atoms with Gasteiger partial charge in [-0.05, 0) is 18.2 Å². The van der Waals surface area contributed by atoms with Crippen molar-refractivity contribution in [2.45, 2.75) is 0 Å². The lowest BCUT2D eigenvalue weighted by atomic mass is 10.1. The Kier molecular flexibility index (Phi) is 3.57. The highest BCUT2D eigenvalue weighted by Crippen LogP contribution is 2.31. The van der Waals surface area contributed by atoms with Crippen molar-refractivity contribution in [3.8, 4) is 28.8 Å². The molecule has 0 radical (unpaired) electrons. The van der Waals surface area contributed by atoms with Gasteiger partial charge in [-0.2, -0.15) is 10.1 Å². The van der Waals surface area contributed by atoms with Crippen LogP contribution in [0.2, 0.25) is 0 Å². The molecular formula is C12H13N3O3. The highest BCUT2D eigenvalue weighted by Gasteiger charge is 2.08. The highest BCUT2D eigenvalue weighted by molar-refractivity contribution is 5.63. The second kappa shape index (κ2) is 5.31. The molecule has 0 aliphatic rings. The lowest BCUT2D eigenvalue weighted by Gasteiger charge is -2.09. The number of aromatic nitrogens is 3. The number of benzene rings is 1. The standard InChI is InChI=1S/C12H13N3O3/c1-16-10-5-4-8(6-11(10)17-2)9-7-13-15-12(14-9)18-3/h4-7H,1-3H3. The maximum absolute atomic E-state index is 5.23. The zero-order valence-electron chi connectivity index (χ0n) is 10.4. The van der Waals surface area contributed by atoms with Crippen molar-refractivity contribution in [1.82, 2.24) is 15.2 Å². The maximum atomic E-state index is 5.23. The van der Waals surface area contributed by atoms with Crippen molar-refractivity contribution in [3.05, 3.63) is 24.4 Å². The van der Waals surface area contributed by atoms with E-state index in [0.29, 0.717) is 17.2 Å². The Morgan fingerprint density at radius 2 is 1.72 bits per heavy atom. The summed E-state index contributed by atoms with van der Waals surface area (Å²) in [7, 11) is 4.67. The molecule has 1 aromatic carbocycles. The van der Waals surface area contributed by atoms with Crippen LogP contribution >= 0.6 is 0 Å². The minimum atomic E-state index is 0.224. The summed E-state index contributed by atoms with van der Waals surface area (Å²) in [5.74, 6) is 1.29. The van der Waals surface area contributed by atoms with Crippen LogP contribution in [-0.2, 0) is 0 Å². The van der Waals surface area contributed by atoms with Gasteiger partial charge in [0, 0.05) is 5.56 Å². The molecule has 0 spiro atoms. The van der Waals surface area contributed by atoms with E-state index >= 15 is 0 Å². The summed E-state index contributed by atoms with van der Waals surface area (Å²) in [5.41, 5.74) is 1.50. The fourth-order valence-electron chi connectivity index (χ4n) is 1.51. The predicted molar refractivity (Wildman–Crippen MR) is 64.9 cm³/mol. The van der Waals surface area contributed by atoms with Gasteiger partial charge in [-0.25, -0.2) is 0 Å². The highest BCUT2D eigenvalue weighted by atomic mass is 16.5. The Morgan fingerprint density at radius 3 is 2.39 bits per heavy atom. The van der Waals surface area contributed by atoms with Gasteiger partial charge in [0.15, 0.2) is 11.5 Å². The molecule has 0 atom stereocenters. The third-order valence-electron chi connectivity index (χ3n) is 2.40. The van der Waals surface area contributed by atoms with Crippen LogP contribution in [0.5, 0.6) is 17.5 Å². The van der Waals surface area contributed by atoms with Crippen LogP contribution < -0.4 is 14.2 Å². The molecule has 1 heterocycles. The van der Waals surface area contributed by atoms with Crippen molar-refractivity contribution < 1.29 is 14.2 Å². The van der Waals surface area contributed by atoms with E-state index in [0.717, 1.165) is 5.56 Å². The van der Waals surface area contributed by atoms with E-state index in [4.69, 9.17) is 14.2 Å². The second-order valence-corrected chi connectivity index (χ2v) is 3.40. The molecule has 1 aromatic heterocycles. The first-order chi connectivity index (χ1) is 8.78. The molecule has 94 valence electrons. The molecule has 2 rings (SSSR count). The van der Waals surface area contributed by atoms with E-state index in [1.807, 2.05) is 18.2 Å². The summed E-state index contributed by atoms with van der Waals surface area (Å²) < 4.78 is 15.3. The molecule has 6 nitrogen and oxygen atoms in total. The summed E-state index contributed by atoms with van der Waals surface area (Å²) in [6, 6.07) is 5.72. The summed E-state index contributed by atoms with van der Waals surface area (Å²) >= 11 is 0. The number of nitrogens with zero attached hydrogens (tertiary/aromatic N) is 3. The molecule has 0 saturated heterocycles. The van der Waals surface area contributed by atoms with Gasteiger partial charge < -0.3 is 14.2 Å². The monoisotopic (exact) mass is 247 g/mol. The first-order valence-corrected chi connectivity index (χ1v) is 5.24. The minimum Gasteiger partial charge on any atom is -0.493 e. The first kappa shape index (κ1) is 12.1. The average molecular weight is 247 g/mol. The lowest BCUT2D eigenvalue weighted by Crippen LogP contribution is -1.96. The van der Waals surface area contributed by atoms with Crippen LogP contribution in [0.25, 0.3) is 11.3 Å². The largest absolute Gasteiger partial charge is 0.493 e. The number of rotatable bonds is 4. The molecule has 0 N–H and O–H groups in total. The summed E-state index contributed by atoms with van der Waals surface area (Å²) in [6.07, 6.45) is 1.56. The molecule has 6 heteroatoms. The third kappa shape index (κ3) is 2.32. The number of hydrogen-bond donors (Lipinski definition) is 0. The van der Waals surface area contributed by atoms with Crippen LogP contribution in [0.4, 0.5) is 0 Å². The van der Waals surface area contributed by atoms with Gasteiger partial charge in [0.25, 0.3) is 0 Å². The fourth-order valence-corrected chi connectivity index (χ4v) is 1.51. The van der Waals surface area contributed by atoms with Gasteiger partial charge in [-0.15, -0.1) is 0 Å². The predicted octanol–water partition coefficient (Wildman–Crippen LogP) is 1.56. The molecule has 0 bridgehead atoms. The molecule has 0 amide bonds. The summed E-state index contributed by atoms with van der Waals surface area (Å²) in [6.45, 7) is 0. The van der Waals surface area contributed by atoms with Gasteiger partial charge in [-0.1, -0.05) is 5.10 Å². The average Bonchev–Trinajstić information content (AvgIpc) is 2.46. The Morgan fingerprint density at radius 1 is 0.944 bits per heavy atom. The minimum absolute atomic E-state index is 0.224. The van der Waals surface area contributed by atoms with E-state index in [1.165, 1.54) is 7.11 Å². The number of hydrogen-bond acceptors (Lipinski definition) is 6. The van der Waals surface area contributed by atoms with E-state index < -0.39 is 0 Å². The molecule has 0 unspecified atom stereocenters. The zero-order chi connectivity index (χ0) is 13.0. The second-order valence-electron chi connectivity index (χ2n) is 3.40. The Labute approximate surface area is 105 Å². The zero-order valence-corrected chi connectivity index (χ0v) is 10.4. The fraction of sp³-hybridized carbons (Fsp3) is 0.250. The van der Waals surface area contributed by atoms with Crippen molar-refractivity contribution in [2.75, 3.05) is 21.3 Å². The molecule has 0 aliphatic carbocycles. The number of ether oxygens (including phenoxy) is 3. The van der Waals surface area contributed by atoms with Crippen molar-refractivity contribution >= 4 is 0 Å². The van der Waals surface area contributed by atoms with Crippen LogP contribution in [0.15, 0.2) is 24.4 Å². The quantitative estimate of drug-likeness (QED) is 0.816. The molecule has 0 fully saturated rings. The molecule has 0 saturated carbocycles. The van der Waals surface area contributed by atoms with Gasteiger partial charge in [0.05, 0.1) is 33.2 Å². The topological polar surface area (TPSA) is 66.4 Å². The van der Waals surface area contributed by atoms with Crippen LogP contribution in [-0.4, -0.2) is 36.5 Å². The molecule has 0 aliphatic heterocycles. The Balaban J connectivity index is 2.43. The van der Waals surface area contributed by atoms with Crippen molar-refractivity contribution in [1.29, 1.82) is 0 Å². The Hall–Kier alpha value is -2.37. The van der Waals surface area contributed by atoms with E-state index in [-0.39, 0.29) is 6.01 Å². The summed E-state index contributed by atoms with van der Waals surface area (Å²) in [4.78, 5) is 4.20. The Bertz CT molecular complexity index is 546. The molecular weight excluding hydrogens is 234 g/mol. The first-order valence-electron chi connectivity index (χ1n) is 5.24. The van der Waals surface area contributed by atoms with Crippen molar-refractivity contribution in [2.24, 2.45) is 0 Å². The lowest BCUT2D eigenvalue weighted by molar-refractivity contribution is 0.355. The molecule has 2 aromatic rings. The normalized spacial score (nSPS) is 9.94. The smallest absolute Gasteiger partial charge is 0.335 e. The van der Waals surface area contributed by atoms with Crippen LogP contribution in [0.1, 0.15) is 0 Å². The van der Waals surface area contributed by atoms with Crippen LogP contribution in [0.3, 0.4) is 0 Å². The van der Waals surface area contributed by atoms with Gasteiger partial charge in [0.1, 0.15) is 0 Å². The maximum Gasteiger partial charge on any atom is 0.335 e. The SMILES string of the molecule is COc1nncc(-c2ccc(OC)c(OC)c2)n1. The van der Waals surface area contributed by atoms with E-state index in [9.17, 15) is 0 Å². The van der Waals surface area contributed by atoms with Gasteiger partial charge >= 0.3 is 6.01 Å². The van der Waals surface area contributed by atoms with Gasteiger partial charge in [-0.3, -0.25) is 0 Å². The van der Waals surface area contributed by atoms with Crippen molar-refractivity contribution in [3.63, 3.8) is 0 Å². The number of methoxy groups -OCH3 is 3. The van der Waals surface area contributed by atoms with E-state index in [2.05, 4.69) is 15.2 Å². The molecule has 18 heavy (non-hydrogen) atoms. The van der Waals surface area contributed by atoms with Crippen LogP contribution in [0, 0.1) is 0 Å².